The first-order valence-corrected chi connectivity index (χ1v) is 23.9. The minimum Gasteiger partial charge on any atom is -0.481 e. The summed E-state index contributed by atoms with van der Waals surface area (Å²) in [6.07, 6.45) is 2.72. The molecule has 1 amide bonds. The van der Waals surface area contributed by atoms with Gasteiger partial charge in [-0.25, -0.2) is 0 Å². The zero-order valence-electron chi connectivity index (χ0n) is 39.2. The number of fused-ring (bicyclic) bond motifs is 7. The lowest BCUT2D eigenvalue weighted by Crippen LogP contribution is -2.67. The van der Waals surface area contributed by atoms with E-state index in [4.69, 9.17) is 18.9 Å². The SMILES string of the molecule is Cc1cccc(/C=C/C(=O)N[C@H]2[C@H](O[C@H]3CC[C@]4(C)[C@H]5CC=C6[C@@H]7CC(C)(C)CC[C@]7(C(=O)O)CC[C@@]6(C)[C@]5(C)CC[C@H]4C3(C)C)O[C@H](CO[C@@H]3OC[C@H](O)[C@H](O)[C@H]3O)[C@@H](O)[C@@H]2O)c1. The van der Waals surface area contributed by atoms with Gasteiger partial charge >= 0.3 is 5.97 Å². The van der Waals surface area contributed by atoms with Gasteiger partial charge in [0.15, 0.2) is 12.6 Å². The maximum absolute atomic E-state index is 13.5. The molecule has 13 heteroatoms. The fourth-order valence-corrected chi connectivity index (χ4v) is 14.6. The van der Waals surface area contributed by atoms with Crippen molar-refractivity contribution in [3.05, 3.63) is 53.1 Å². The molecule has 1 aromatic carbocycles. The summed E-state index contributed by atoms with van der Waals surface area (Å²) in [5.41, 5.74) is 2.10. The number of aliphatic hydroxyl groups excluding tert-OH is 5. The first kappa shape index (κ1) is 47.8. The van der Waals surface area contributed by atoms with Crippen molar-refractivity contribution in [2.24, 2.45) is 50.2 Å². The summed E-state index contributed by atoms with van der Waals surface area (Å²) in [5, 5.41) is 67.5. The molecule has 0 spiro atoms. The fourth-order valence-electron chi connectivity index (χ4n) is 14.6. The molecule has 7 N–H and O–H groups in total. The molecule has 356 valence electrons. The first-order valence-electron chi connectivity index (χ1n) is 23.9. The lowest BCUT2D eigenvalue weighted by Gasteiger charge is -2.71. The van der Waals surface area contributed by atoms with Crippen molar-refractivity contribution in [3.8, 4) is 0 Å². The van der Waals surface area contributed by atoms with Crippen LogP contribution in [0.1, 0.15) is 124 Å². The Morgan fingerprint density at radius 1 is 0.859 bits per heavy atom. The van der Waals surface area contributed by atoms with Crippen molar-refractivity contribution < 1.29 is 59.2 Å². The lowest BCUT2D eigenvalue weighted by molar-refractivity contribution is -0.322. The van der Waals surface area contributed by atoms with Crippen LogP contribution in [0.15, 0.2) is 42.0 Å². The largest absolute Gasteiger partial charge is 0.481 e. The summed E-state index contributed by atoms with van der Waals surface area (Å²) < 4.78 is 24.7. The maximum atomic E-state index is 13.5. The Morgan fingerprint density at radius 3 is 2.31 bits per heavy atom. The van der Waals surface area contributed by atoms with E-state index in [1.54, 1.807) is 6.08 Å². The number of allylic oxidation sites excluding steroid dienone is 2. The molecule has 7 aliphatic rings. The number of amides is 1. The smallest absolute Gasteiger partial charge is 0.310 e. The zero-order chi connectivity index (χ0) is 46.4. The van der Waals surface area contributed by atoms with Crippen molar-refractivity contribution in [2.45, 2.75) is 181 Å². The van der Waals surface area contributed by atoms with Gasteiger partial charge in [0.25, 0.3) is 0 Å². The van der Waals surface area contributed by atoms with E-state index in [0.717, 1.165) is 62.5 Å². The number of carbonyl (C=O) groups excluding carboxylic acids is 1. The van der Waals surface area contributed by atoms with Crippen LogP contribution in [0.5, 0.6) is 0 Å². The van der Waals surface area contributed by atoms with Crippen LogP contribution >= 0.6 is 0 Å². The molecule has 0 aromatic heterocycles. The van der Waals surface area contributed by atoms with E-state index in [1.807, 2.05) is 31.2 Å². The van der Waals surface area contributed by atoms with Crippen molar-refractivity contribution in [3.63, 3.8) is 0 Å². The van der Waals surface area contributed by atoms with Crippen LogP contribution in [0, 0.1) is 57.2 Å². The second-order valence-corrected chi connectivity index (χ2v) is 23.1. The summed E-state index contributed by atoms with van der Waals surface area (Å²) in [4.78, 5) is 26.7. The van der Waals surface area contributed by atoms with Gasteiger partial charge in [0, 0.05) is 6.08 Å². The number of hydrogen-bond acceptors (Lipinski definition) is 11. The predicted octanol–water partition coefficient (Wildman–Crippen LogP) is 5.67. The number of rotatable bonds is 9. The molecule has 1 aromatic rings. The number of carboxylic acids is 1. The maximum Gasteiger partial charge on any atom is 0.310 e. The average Bonchev–Trinajstić information content (AvgIpc) is 3.22. The number of hydrogen-bond donors (Lipinski definition) is 7. The molecular weight excluding hydrogens is 819 g/mol. The van der Waals surface area contributed by atoms with Crippen LogP contribution in [-0.2, 0) is 28.5 Å². The number of aliphatic hydroxyl groups is 5. The second-order valence-electron chi connectivity index (χ2n) is 23.1. The fraction of sp³-hybridized carbons (Fsp3) is 0.765. The normalized spacial score (nSPS) is 46.1. The Kier molecular flexibility index (Phi) is 12.8. The summed E-state index contributed by atoms with van der Waals surface area (Å²) in [6.45, 7) is 17.9. The molecule has 4 saturated carbocycles. The zero-order valence-corrected chi connectivity index (χ0v) is 39.2. The molecule has 0 radical (unpaired) electrons. The summed E-state index contributed by atoms with van der Waals surface area (Å²) in [5.74, 6) is -0.464. The summed E-state index contributed by atoms with van der Waals surface area (Å²) >= 11 is 0. The molecule has 8 rings (SSSR count). The minimum atomic E-state index is -1.56. The van der Waals surface area contributed by atoms with Crippen molar-refractivity contribution >= 4 is 18.0 Å². The summed E-state index contributed by atoms with van der Waals surface area (Å²) in [7, 11) is 0. The van der Waals surface area contributed by atoms with Crippen LogP contribution in [0.2, 0.25) is 0 Å². The van der Waals surface area contributed by atoms with Gasteiger partial charge in [0.1, 0.15) is 42.7 Å². The third-order valence-corrected chi connectivity index (χ3v) is 18.7. The van der Waals surface area contributed by atoms with Gasteiger partial charge in [-0.05, 0) is 128 Å². The van der Waals surface area contributed by atoms with Gasteiger partial charge in [-0.1, -0.05) is 89.9 Å². The highest BCUT2D eigenvalue weighted by Gasteiger charge is 2.69. The lowest BCUT2D eigenvalue weighted by atomic mass is 9.33. The van der Waals surface area contributed by atoms with Crippen LogP contribution in [0.3, 0.4) is 0 Å². The van der Waals surface area contributed by atoms with Gasteiger partial charge in [0.2, 0.25) is 5.91 Å². The third-order valence-electron chi connectivity index (χ3n) is 18.7. The highest BCUT2D eigenvalue weighted by Crippen LogP contribution is 2.76. The van der Waals surface area contributed by atoms with Gasteiger partial charge in [-0.2, -0.15) is 0 Å². The molecular formula is C51H75NO12. The highest BCUT2D eigenvalue weighted by molar-refractivity contribution is 5.92. The first-order chi connectivity index (χ1) is 30.0. The Bertz CT molecular complexity index is 1980. The predicted molar refractivity (Wildman–Crippen MR) is 238 cm³/mol. The number of nitrogens with one attached hydrogen (secondary N) is 1. The van der Waals surface area contributed by atoms with E-state index in [-0.39, 0.29) is 58.2 Å². The molecule has 0 bridgehead atoms. The van der Waals surface area contributed by atoms with E-state index in [2.05, 4.69) is 59.9 Å². The van der Waals surface area contributed by atoms with Gasteiger partial charge < -0.3 is 54.9 Å². The van der Waals surface area contributed by atoms with Gasteiger partial charge in [-0.3, -0.25) is 9.59 Å². The number of ether oxygens (including phenoxy) is 4. The molecule has 6 fully saturated rings. The molecule has 64 heavy (non-hydrogen) atoms. The number of aryl methyl sites for hydroxylation is 1. The Balaban J connectivity index is 1.04. The van der Waals surface area contributed by atoms with E-state index < -0.39 is 72.5 Å². The topological polar surface area (TPSA) is 204 Å². The van der Waals surface area contributed by atoms with Crippen LogP contribution < -0.4 is 5.32 Å². The third kappa shape index (κ3) is 7.94. The Morgan fingerprint density at radius 2 is 1.59 bits per heavy atom. The highest BCUT2D eigenvalue weighted by atomic mass is 16.7. The molecule has 5 aliphatic carbocycles. The monoisotopic (exact) mass is 894 g/mol. The van der Waals surface area contributed by atoms with Crippen molar-refractivity contribution in [1.82, 2.24) is 5.32 Å². The number of carbonyl (C=O) groups is 2. The van der Waals surface area contributed by atoms with E-state index >= 15 is 0 Å². The summed E-state index contributed by atoms with van der Waals surface area (Å²) in [6, 6.07) is 6.53. The van der Waals surface area contributed by atoms with E-state index in [0.29, 0.717) is 18.8 Å². The molecule has 2 aliphatic heterocycles. The van der Waals surface area contributed by atoms with E-state index in [9.17, 15) is 40.2 Å². The second kappa shape index (κ2) is 17.1. The standard InChI is InChI=1S/C51H75NO12/c1-28-10-9-11-29(24-28)12-15-37(54)52-38-41(57)40(56)33(27-62-44-42(58)39(55)32(53)26-61-44)63-43(38)64-36-17-18-48(6)34(47(36,4)5)16-19-50(8)35(48)14-13-30-31-25-46(2,3)20-22-51(31,45(59)60)23-21-49(30,50)7/h9-13,15,24,31-36,38-44,53,55-58H,14,16-23,25-27H2,1-8H3,(H,52,54)(H,59,60)/b15-12+/t31-,32-,33+,34-,35+,36-,38+,39-,40+,41+,42+,43-,44-,48-,49+,50+,51-/m0/s1. The molecule has 0 unspecified atom stereocenters. The average molecular weight is 894 g/mol. The van der Waals surface area contributed by atoms with E-state index in [1.165, 1.54) is 11.6 Å². The number of carboxylic acid groups (broad SMARTS) is 1. The Hall–Kier alpha value is -2.72. The van der Waals surface area contributed by atoms with Gasteiger partial charge in [0.05, 0.1) is 24.7 Å². The van der Waals surface area contributed by atoms with Crippen molar-refractivity contribution in [2.75, 3.05) is 13.2 Å². The Labute approximate surface area is 379 Å². The van der Waals surface area contributed by atoms with Crippen LogP contribution in [0.4, 0.5) is 0 Å². The quantitative estimate of drug-likeness (QED) is 0.0912. The van der Waals surface area contributed by atoms with Crippen molar-refractivity contribution in [1.29, 1.82) is 0 Å². The molecule has 17 atom stereocenters. The molecule has 2 heterocycles. The van der Waals surface area contributed by atoms with Crippen LogP contribution in [0.25, 0.3) is 6.08 Å². The number of aliphatic carboxylic acids is 1. The minimum absolute atomic E-state index is 0.0244. The number of benzene rings is 1. The van der Waals surface area contributed by atoms with Gasteiger partial charge in [-0.15, -0.1) is 0 Å². The van der Waals surface area contributed by atoms with Crippen LogP contribution in [-0.4, -0.2) is 117 Å². The molecule has 2 saturated heterocycles. The molecule has 13 nitrogen and oxygen atoms in total.